The van der Waals surface area contributed by atoms with E-state index in [0.717, 1.165) is 54.9 Å². The summed E-state index contributed by atoms with van der Waals surface area (Å²) in [6, 6.07) is 4.55. The van der Waals surface area contributed by atoms with Gasteiger partial charge in [0.15, 0.2) is 5.82 Å². The SMILES string of the molecule is Cc1ccc(N2CCC[C@H](N(C)Cc3nc(C)c(C)o3)C2)nn1. The zero-order chi connectivity index (χ0) is 16.4. The Morgan fingerprint density at radius 2 is 2.09 bits per heavy atom. The van der Waals surface area contributed by atoms with E-state index in [4.69, 9.17) is 4.42 Å². The second kappa shape index (κ2) is 6.66. The summed E-state index contributed by atoms with van der Waals surface area (Å²) in [5.74, 6) is 2.68. The Balaban J connectivity index is 1.64. The maximum atomic E-state index is 5.71. The Morgan fingerprint density at radius 3 is 2.74 bits per heavy atom. The van der Waals surface area contributed by atoms with Gasteiger partial charge in [0.25, 0.3) is 0 Å². The van der Waals surface area contributed by atoms with Gasteiger partial charge in [-0.15, -0.1) is 5.10 Å². The molecule has 2 aromatic rings. The highest BCUT2D eigenvalue weighted by Gasteiger charge is 2.25. The van der Waals surface area contributed by atoms with E-state index in [1.54, 1.807) is 0 Å². The summed E-state index contributed by atoms with van der Waals surface area (Å²) in [7, 11) is 2.14. The molecule has 23 heavy (non-hydrogen) atoms. The molecule has 0 spiro atoms. The summed E-state index contributed by atoms with van der Waals surface area (Å²) in [6.07, 6.45) is 2.35. The molecule has 0 bridgehead atoms. The Morgan fingerprint density at radius 1 is 1.26 bits per heavy atom. The van der Waals surface area contributed by atoms with E-state index in [0.29, 0.717) is 6.04 Å². The van der Waals surface area contributed by atoms with Crippen LogP contribution in [0.3, 0.4) is 0 Å². The number of oxazole rings is 1. The third-order valence-corrected chi connectivity index (χ3v) is 4.59. The molecule has 1 saturated heterocycles. The van der Waals surface area contributed by atoms with Crippen LogP contribution in [0.25, 0.3) is 0 Å². The topological polar surface area (TPSA) is 58.3 Å². The number of rotatable bonds is 4. The van der Waals surface area contributed by atoms with Crippen molar-refractivity contribution in [1.29, 1.82) is 0 Å². The van der Waals surface area contributed by atoms with Crippen molar-refractivity contribution in [3.8, 4) is 0 Å². The average Bonchev–Trinajstić information content (AvgIpc) is 2.86. The lowest BCUT2D eigenvalue weighted by Gasteiger charge is -2.37. The Labute approximate surface area is 137 Å². The van der Waals surface area contributed by atoms with Crippen LogP contribution < -0.4 is 4.90 Å². The van der Waals surface area contributed by atoms with Gasteiger partial charge >= 0.3 is 0 Å². The third-order valence-electron chi connectivity index (χ3n) is 4.59. The molecular formula is C17H25N5O. The number of likely N-dealkylation sites (N-methyl/N-ethyl adjacent to an activating group) is 1. The van der Waals surface area contributed by atoms with Crippen molar-refractivity contribution in [1.82, 2.24) is 20.1 Å². The van der Waals surface area contributed by atoms with Gasteiger partial charge in [0.2, 0.25) is 5.89 Å². The van der Waals surface area contributed by atoms with E-state index in [9.17, 15) is 0 Å². The van der Waals surface area contributed by atoms with E-state index in [1.807, 2.05) is 26.8 Å². The number of aromatic nitrogens is 3. The molecule has 0 radical (unpaired) electrons. The second-order valence-corrected chi connectivity index (χ2v) is 6.44. The fraction of sp³-hybridized carbons (Fsp3) is 0.588. The summed E-state index contributed by atoms with van der Waals surface area (Å²) in [5, 5.41) is 8.50. The molecule has 6 nitrogen and oxygen atoms in total. The molecule has 6 heteroatoms. The zero-order valence-electron chi connectivity index (χ0n) is 14.4. The van der Waals surface area contributed by atoms with Crippen LogP contribution in [0.1, 0.15) is 35.9 Å². The Bertz CT molecular complexity index is 632. The first-order valence-electron chi connectivity index (χ1n) is 8.21. The smallest absolute Gasteiger partial charge is 0.208 e. The molecule has 0 N–H and O–H groups in total. The normalized spacial score (nSPS) is 18.7. The Hall–Kier alpha value is -1.95. The van der Waals surface area contributed by atoms with Gasteiger partial charge in [0.05, 0.1) is 17.9 Å². The molecule has 0 unspecified atom stereocenters. The van der Waals surface area contributed by atoms with Gasteiger partial charge in [0, 0.05) is 19.1 Å². The minimum atomic E-state index is 0.472. The standard InChI is InChI=1S/C17H25N5O/c1-12-7-8-16(20-19-12)22-9-5-6-15(10-22)21(4)11-17-18-13(2)14(3)23-17/h7-8,15H,5-6,9-11H2,1-4H3/t15-/m0/s1. The summed E-state index contributed by atoms with van der Waals surface area (Å²) < 4.78 is 5.71. The molecule has 0 saturated carbocycles. The zero-order valence-corrected chi connectivity index (χ0v) is 14.4. The van der Waals surface area contributed by atoms with Crippen molar-refractivity contribution in [3.05, 3.63) is 35.2 Å². The first-order chi connectivity index (χ1) is 11.0. The molecule has 3 heterocycles. The highest BCUT2D eigenvalue weighted by Crippen LogP contribution is 2.21. The van der Waals surface area contributed by atoms with Gasteiger partial charge < -0.3 is 9.32 Å². The summed E-state index contributed by atoms with van der Waals surface area (Å²) in [6.45, 7) is 8.66. The molecule has 0 amide bonds. The van der Waals surface area contributed by atoms with E-state index in [2.05, 4.69) is 38.1 Å². The van der Waals surface area contributed by atoms with Crippen LogP contribution in [-0.2, 0) is 6.54 Å². The van der Waals surface area contributed by atoms with Crippen molar-refractivity contribution >= 4 is 5.82 Å². The van der Waals surface area contributed by atoms with Crippen LogP contribution in [-0.4, -0.2) is 46.3 Å². The van der Waals surface area contributed by atoms with Gasteiger partial charge in [-0.25, -0.2) is 4.98 Å². The van der Waals surface area contributed by atoms with Gasteiger partial charge in [-0.1, -0.05) is 0 Å². The highest BCUT2D eigenvalue weighted by molar-refractivity contribution is 5.38. The third kappa shape index (κ3) is 3.69. The van der Waals surface area contributed by atoms with E-state index >= 15 is 0 Å². The summed E-state index contributed by atoms with van der Waals surface area (Å²) in [4.78, 5) is 9.14. The molecule has 1 aliphatic rings. The Kier molecular flexibility index (Phi) is 4.61. The van der Waals surface area contributed by atoms with Crippen molar-refractivity contribution in [2.45, 2.75) is 46.2 Å². The van der Waals surface area contributed by atoms with E-state index in [1.165, 1.54) is 6.42 Å². The van der Waals surface area contributed by atoms with Crippen molar-refractivity contribution < 1.29 is 4.42 Å². The number of nitrogens with zero attached hydrogens (tertiary/aromatic N) is 5. The van der Waals surface area contributed by atoms with E-state index < -0.39 is 0 Å². The number of hydrogen-bond acceptors (Lipinski definition) is 6. The minimum Gasteiger partial charge on any atom is -0.444 e. The molecule has 1 atom stereocenters. The number of aryl methyl sites for hydroxylation is 3. The van der Waals surface area contributed by atoms with Crippen LogP contribution in [0.15, 0.2) is 16.5 Å². The van der Waals surface area contributed by atoms with Crippen LogP contribution in [0.5, 0.6) is 0 Å². The predicted octanol–water partition coefficient (Wildman–Crippen LogP) is 2.49. The predicted molar refractivity (Wildman–Crippen MR) is 89.4 cm³/mol. The maximum absolute atomic E-state index is 5.71. The quantitative estimate of drug-likeness (QED) is 0.864. The number of piperidine rings is 1. The second-order valence-electron chi connectivity index (χ2n) is 6.44. The average molecular weight is 315 g/mol. The lowest BCUT2D eigenvalue weighted by Crippen LogP contribution is -2.46. The molecule has 0 aliphatic carbocycles. The van der Waals surface area contributed by atoms with Crippen molar-refractivity contribution in [2.24, 2.45) is 0 Å². The van der Waals surface area contributed by atoms with Gasteiger partial charge in [-0.05, 0) is 52.8 Å². The van der Waals surface area contributed by atoms with Crippen LogP contribution in [0.4, 0.5) is 5.82 Å². The number of hydrogen-bond donors (Lipinski definition) is 0. The fourth-order valence-electron chi connectivity index (χ4n) is 3.03. The van der Waals surface area contributed by atoms with Crippen LogP contribution in [0, 0.1) is 20.8 Å². The van der Waals surface area contributed by atoms with Crippen LogP contribution in [0.2, 0.25) is 0 Å². The van der Waals surface area contributed by atoms with Crippen LogP contribution >= 0.6 is 0 Å². The molecule has 2 aromatic heterocycles. The maximum Gasteiger partial charge on any atom is 0.208 e. The van der Waals surface area contributed by atoms with Gasteiger partial charge in [0.1, 0.15) is 5.76 Å². The lowest BCUT2D eigenvalue weighted by atomic mass is 10.0. The molecule has 124 valence electrons. The lowest BCUT2D eigenvalue weighted by molar-refractivity contribution is 0.189. The molecular weight excluding hydrogens is 290 g/mol. The molecule has 1 aliphatic heterocycles. The first kappa shape index (κ1) is 15.9. The molecule has 0 aromatic carbocycles. The first-order valence-corrected chi connectivity index (χ1v) is 8.21. The largest absolute Gasteiger partial charge is 0.444 e. The minimum absolute atomic E-state index is 0.472. The van der Waals surface area contributed by atoms with Gasteiger partial charge in [-0.3, -0.25) is 4.90 Å². The summed E-state index contributed by atoms with van der Waals surface area (Å²) in [5.41, 5.74) is 1.93. The fourth-order valence-corrected chi connectivity index (χ4v) is 3.03. The van der Waals surface area contributed by atoms with Crippen molar-refractivity contribution in [3.63, 3.8) is 0 Å². The van der Waals surface area contributed by atoms with Gasteiger partial charge in [-0.2, -0.15) is 5.10 Å². The van der Waals surface area contributed by atoms with E-state index in [-0.39, 0.29) is 0 Å². The molecule has 3 rings (SSSR count). The summed E-state index contributed by atoms with van der Waals surface area (Å²) >= 11 is 0. The monoisotopic (exact) mass is 315 g/mol. The highest BCUT2D eigenvalue weighted by atomic mass is 16.4. The van der Waals surface area contributed by atoms with Crippen molar-refractivity contribution in [2.75, 3.05) is 25.0 Å². The number of anilines is 1. The molecule has 1 fully saturated rings.